The van der Waals surface area contributed by atoms with Gasteiger partial charge in [0.25, 0.3) is 0 Å². The zero-order valence-corrected chi connectivity index (χ0v) is 24.6. The fourth-order valence-corrected chi connectivity index (χ4v) is 6.34. The van der Waals surface area contributed by atoms with E-state index in [-0.39, 0.29) is 30.2 Å². The summed E-state index contributed by atoms with van der Waals surface area (Å²) in [5, 5.41) is 17.2. The fraction of sp³-hybridized carbons (Fsp3) is 0.536. The van der Waals surface area contributed by atoms with Crippen LogP contribution in [0.2, 0.25) is 0 Å². The van der Waals surface area contributed by atoms with Gasteiger partial charge in [-0.1, -0.05) is 25.6 Å². The molecule has 3 unspecified atom stereocenters. The number of hydrogen-bond donors (Lipinski definition) is 1. The van der Waals surface area contributed by atoms with Crippen molar-refractivity contribution in [3.8, 4) is 17.2 Å². The lowest BCUT2D eigenvalue weighted by Gasteiger charge is -2.37. The van der Waals surface area contributed by atoms with Crippen molar-refractivity contribution in [1.82, 2.24) is 15.1 Å². The van der Waals surface area contributed by atoms with Crippen LogP contribution in [0.25, 0.3) is 11.1 Å². The second-order valence-corrected chi connectivity index (χ2v) is 14.7. The molecule has 11 heteroatoms. The monoisotopic (exact) mass is 594 g/mol. The molecule has 1 amide bonds. The van der Waals surface area contributed by atoms with Crippen LogP contribution < -0.4 is 5.32 Å². The summed E-state index contributed by atoms with van der Waals surface area (Å²) < 4.78 is 40.1. The molecule has 2 aromatic rings. The number of carbonyl (C=O) groups excluding carboxylic acids is 1. The Morgan fingerprint density at radius 3 is 2.46 bits per heavy atom. The predicted molar refractivity (Wildman–Crippen MR) is 150 cm³/mol. The van der Waals surface area contributed by atoms with Gasteiger partial charge in [0.05, 0.1) is 23.2 Å². The molecule has 0 spiro atoms. The molecule has 210 valence electrons. The summed E-state index contributed by atoms with van der Waals surface area (Å²) in [6.07, 6.45) is 5.28. The molecular formula is C28H33Cl2FN4O3S. The highest BCUT2D eigenvalue weighted by Gasteiger charge is 2.49. The second-order valence-electron chi connectivity index (χ2n) is 11.0. The number of carbonyl (C=O) groups is 1. The third-order valence-corrected chi connectivity index (χ3v) is 9.78. The van der Waals surface area contributed by atoms with Gasteiger partial charge in [-0.25, -0.2) is 12.8 Å². The van der Waals surface area contributed by atoms with E-state index in [0.29, 0.717) is 48.1 Å². The van der Waals surface area contributed by atoms with Crippen molar-refractivity contribution in [3.63, 3.8) is 0 Å². The highest BCUT2D eigenvalue weighted by molar-refractivity contribution is 7.90. The van der Waals surface area contributed by atoms with E-state index in [9.17, 15) is 18.5 Å². The zero-order valence-electron chi connectivity index (χ0n) is 22.3. The van der Waals surface area contributed by atoms with Gasteiger partial charge in [-0.15, -0.1) is 23.2 Å². The second kappa shape index (κ2) is 10.5. The summed E-state index contributed by atoms with van der Waals surface area (Å²) in [6.45, 7) is 7.14. The van der Waals surface area contributed by atoms with Gasteiger partial charge in [0.15, 0.2) is 15.5 Å². The van der Waals surface area contributed by atoms with Gasteiger partial charge < -0.3 is 5.32 Å². The Balaban J connectivity index is 1.79. The first kappa shape index (κ1) is 29.6. The maximum Gasteiger partial charge on any atom is 0.225 e. The number of nitrogens with zero attached hydrogens (tertiary/aromatic N) is 3. The number of nitrogens with one attached hydrogen (secondary N) is 1. The van der Waals surface area contributed by atoms with Crippen LogP contribution in [0, 0.1) is 17.2 Å². The van der Waals surface area contributed by atoms with Crippen LogP contribution in [0.4, 0.5) is 4.39 Å². The molecule has 0 bridgehead atoms. The Hall–Kier alpha value is -2.41. The van der Waals surface area contributed by atoms with E-state index < -0.39 is 37.2 Å². The van der Waals surface area contributed by atoms with Crippen molar-refractivity contribution >= 4 is 38.9 Å². The highest BCUT2D eigenvalue weighted by atomic mass is 35.5. The van der Waals surface area contributed by atoms with E-state index in [2.05, 4.69) is 18.0 Å². The van der Waals surface area contributed by atoms with Gasteiger partial charge in [-0.3, -0.25) is 9.48 Å². The number of nitriles is 1. The first-order valence-corrected chi connectivity index (χ1v) is 15.6. The Kier molecular flexibility index (Phi) is 7.98. The lowest BCUT2D eigenvalue weighted by Crippen LogP contribution is -2.45. The average Bonchev–Trinajstić information content (AvgIpc) is 3.52. The van der Waals surface area contributed by atoms with Crippen molar-refractivity contribution in [2.24, 2.45) is 5.92 Å². The molecule has 3 atom stereocenters. The maximum absolute atomic E-state index is 15.7. The molecule has 1 N–H and O–H groups in total. The van der Waals surface area contributed by atoms with Crippen molar-refractivity contribution in [1.29, 1.82) is 5.26 Å². The van der Waals surface area contributed by atoms with Crippen molar-refractivity contribution in [2.75, 3.05) is 6.26 Å². The largest absolute Gasteiger partial charge is 0.338 e. The van der Waals surface area contributed by atoms with Crippen LogP contribution in [-0.2, 0) is 21.2 Å². The van der Waals surface area contributed by atoms with E-state index >= 15 is 4.39 Å². The number of amides is 1. The lowest BCUT2D eigenvalue weighted by atomic mass is 9.75. The molecule has 0 aliphatic heterocycles. The number of halogens is 3. The molecular weight excluding hydrogens is 562 g/mol. The third-order valence-electron chi connectivity index (χ3n) is 7.96. The first-order valence-electron chi connectivity index (χ1n) is 13.0. The molecule has 2 fully saturated rings. The van der Waals surface area contributed by atoms with Crippen LogP contribution in [0.3, 0.4) is 0 Å². The molecule has 39 heavy (non-hydrogen) atoms. The molecule has 0 radical (unpaired) electrons. The van der Waals surface area contributed by atoms with E-state index in [4.69, 9.17) is 28.3 Å². The van der Waals surface area contributed by atoms with Crippen molar-refractivity contribution in [3.05, 3.63) is 48.3 Å². The van der Waals surface area contributed by atoms with Gasteiger partial charge in [-0.05, 0) is 68.7 Å². The maximum atomic E-state index is 15.7. The Morgan fingerprint density at radius 1 is 1.31 bits per heavy atom. The topological polar surface area (TPSA) is 105 Å². The molecule has 1 aromatic heterocycles. The van der Waals surface area contributed by atoms with Crippen molar-refractivity contribution in [2.45, 2.75) is 85.3 Å². The molecule has 7 nitrogen and oxygen atoms in total. The zero-order chi connectivity index (χ0) is 28.8. The van der Waals surface area contributed by atoms with Crippen LogP contribution >= 0.6 is 23.2 Å². The summed E-state index contributed by atoms with van der Waals surface area (Å²) in [5.41, 5.74) is -0.235. The van der Waals surface area contributed by atoms with Crippen molar-refractivity contribution < 1.29 is 17.6 Å². The Bertz CT molecular complexity index is 1430. The number of alkyl halides is 3. The van der Waals surface area contributed by atoms with E-state index in [1.807, 2.05) is 0 Å². The average molecular weight is 596 g/mol. The quantitative estimate of drug-likeness (QED) is 0.288. The molecule has 2 aliphatic carbocycles. The van der Waals surface area contributed by atoms with Gasteiger partial charge in [0, 0.05) is 29.9 Å². The minimum atomic E-state index is -3.40. The van der Waals surface area contributed by atoms with Crippen LogP contribution in [0.15, 0.2) is 47.5 Å². The lowest BCUT2D eigenvalue weighted by molar-refractivity contribution is -0.127. The van der Waals surface area contributed by atoms with E-state index in [1.165, 1.54) is 16.8 Å². The predicted octanol–water partition coefficient (Wildman–Crippen LogP) is 5.88. The van der Waals surface area contributed by atoms with Crippen LogP contribution in [0.1, 0.15) is 64.0 Å². The van der Waals surface area contributed by atoms with Gasteiger partial charge in [-0.2, -0.15) is 10.4 Å². The Labute approximate surface area is 239 Å². The Morgan fingerprint density at radius 2 is 1.95 bits per heavy atom. The SMILES string of the molecule is C=C(C)C(F)(CC)Cn1cc(-c2ccc(S(C)(=O)=O)cc2)c(C2CCC(Cl)(Cl)CC2C(=O)NC2(C#N)CC2)n1. The molecule has 1 heterocycles. The van der Waals surface area contributed by atoms with E-state index in [0.717, 1.165) is 6.26 Å². The third kappa shape index (κ3) is 6.34. The van der Waals surface area contributed by atoms with E-state index in [1.54, 1.807) is 32.2 Å². The smallest absolute Gasteiger partial charge is 0.225 e. The summed E-state index contributed by atoms with van der Waals surface area (Å²) in [5.74, 6) is -1.39. The molecule has 2 saturated carbocycles. The van der Waals surface area contributed by atoms with Gasteiger partial charge >= 0.3 is 0 Å². The number of rotatable bonds is 9. The summed E-state index contributed by atoms with van der Waals surface area (Å²) in [4.78, 5) is 13.7. The highest BCUT2D eigenvalue weighted by Crippen LogP contribution is 2.49. The number of sulfone groups is 1. The number of aromatic nitrogens is 2. The minimum Gasteiger partial charge on any atom is -0.338 e. The number of hydrogen-bond acceptors (Lipinski definition) is 5. The molecule has 0 saturated heterocycles. The summed E-state index contributed by atoms with van der Waals surface area (Å²) in [7, 11) is -3.40. The minimum absolute atomic E-state index is 0.0661. The van der Waals surface area contributed by atoms with Gasteiger partial charge in [0.1, 0.15) is 9.87 Å². The first-order chi connectivity index (χ1) is 18.1. The normalized spacial score (nSPS) is 23.3. The molecule has 2 aliphatic rings. The standard InChI is InChI=1S/C28H33Cl2FN4O3S/c1-5-27(31,18(2)3)17-35-15-23(19-6-8-20(9-7-19)39(4,37)38)24(34-35)21-10-11-28(29,30)14-22(21)25(36)33-26(16-32)12-13-26/h6-9,15,21-22H,2,5,10-14,17H2,1,3-4H3,(H,33,36). The number of allylic oxidation sites excluding steroid dienone is 1. The number of benzene rings is 1. The fourth-order valence-electron chi connectivity index (χ4n) is 5.16. The summed E-state index contributed by atoms with van der Waals surface area (Å²) >= 11 is 13.1. The summed E-state index contributed by atoms with van der Waals surface area (Å²) in [6, 6.07) is 8.58. The van der Waals surface area contributed by atoms with Crippen LogP contribution in [0.5, 0.6) is 0 Å². The molecule has 1 aromatic carbocycles. The van der Waals surface area contributed by atoms with Crippen LogP contribution in [-0.4, -0.2) is 45.9 Å². The van der Waals surface area contributed by atoms with Gasteiger partial charge in [0.2, 0.25) is 5.91 Å². The molecule has 4 rings (SSSR count).